The molecule has 2 heteroatoms. The van der Waals surface area contributed by atoms with Crippen molar-refractivity contribution in [1.82, 2.24) is 0 Å². The highest BCUT2D eigenvalue weighted by Gasteiger charge is 2.18. The molecule has 1 atom stereocenters. The number of aliphatic hydroxyl groups is 1. The summed E-state index contributed by atoms with van der Waals surface area (Å²) in [6.07, 6.45) is 2.43. The molecule has 16 heavy (non-hydrogen) atoms. The van der Waals surface area contributed by atoms with Crippen molar-refractivity contribution in [3.8, 4) is 0 Å². The number of fused-ring (bicyclic) bond motifs is 1. The quantitative estimate of drug-likeness (QED) is 0.843. The molecule has 0 spiro atoms. The zero-order valence-electron chi connectivity index (χ0n) is 10.2. The average molecular weight is 219 g/mol. The third kappa shape index (κ3) is 2.38. The van der Waals surface area contributed by atoms with Crippen molar-refractivity contribution in [2.45, 2.75) is 26.7 Å². The minimum Gasteiger partial charge on any atom is -0.396 e. The number of benzene rings is 1. The maximum Gasteiger partial charge on any atom is 0.0473 e. The summed E-state index contributed by atoms with van der Waals surface area (Å²) >= 11 is 0. The van der Waals surface area contributed by atoms with Crippen molar-refractivity contribution in [2.24, 2.45) is 5.92 Å². The van der Waals surface area contributed by atoms with Gasteiger partial charge in [-0.25, -0.2) is 0 Å². The number of anilines is 1. The van der Waals surface area contributed by atoms with Crippen molar-refractivity contribution in [2.75, 3.05) is 24.6 Å². The molecule has 0 fully saturated rings. The molecule has 2 rings (SSSR count). The summed E-state index contributed by atoms with van der Waals surface area (Å²) in [6.45, 7) is 6.61. The largest absolute Gasteiger partial charge is 0.396 e. The highest BCUT2D eigenvalue weighted by Crippen LogP contribution is 2.28. The van der Waals surface area contributed by atoms with E-state index in [0.717, 1.165) is 13.1 Å². The third-order valence-electron chi connectivity index (χ3n) is 3.29. The first-order valence-electron chi connectivity index (χ1n) is 6.16. The molecule has 1 aliphatic rings. The van der Waals surface area contributed by atoms with Crippen LogP contribution in [0.15, 0.2) is 18.2 Å². The lowest BCUT2D eigenvalue weighted by atomic mass is 9.98. The Hall–Kier alpha value is -1.02. The van der Waals surface area contributed by atoms with E-state index in [9.17, 15) is 0 Å². The zero-order valence-corrected chi connectivity index (χ0v) is 10.2. The van der Waals surface area contributed by atoms with Gasteiger partial charge >= 0.3 is 0 Å². The highest BCUT2D eigenvalue weighted by molar-refractivity contribution is 5.56. The molecule has 1 aromatic carbocycles. The fraction of sp³-hybridized carbons (Fsp3) is 0.571. The van der Waals surface area contributed by atoms with Gasteiger partial charge in [0.1, 0.15) is 0 Å². The molecule has 88 valence electrons. The first-order valence-corrected chi connectivity index (χ1v) is 6.16. The average Bonchev–Trinajstić information content (AvgIpc) is 2.28. The highest BCUT2D eigenvalue weighted by atomic mass is 16.3. The van der Waals surface area contributed by atoms with Gasteiger partial charge in [-0.1, -0.05) is 24.6 Å². The fourth-order valence-electron chi connectivity index (χ4n) is 2.43. The second-order valence-corrected chi connectivity index (χ2v) is 4.97. The Balaban J connectivity index is 2.19. The second kappa shape index (κ2) is 4.88. The van der Waals surface area contributed by atoms with Crippen molar-refractivity contribution in [1.29, 1.82) is 0 Å². The zero-order chi connectivity index (χ0) is 11.5. The van der Waals surface area contributed by atoms with Crippen LogP contribution >= 0.6 is 0 Å². The summed E-state index contributed by atoms with van der Waals surface area (Å²) in [5.74, 6) is 0.354. The van der Waals surface area contributed by atoms with E-state index in [4.69, 9.17) is 5.11 Å². The number of aryl methyl sites for hydroxylation is 2. The van der Waals surface area contributed by atoms with E-state index >= 15 is 0 Å². The van der Waals surface area contributed by atoms with Gasteiger partial charge in [0.2, 0.25) is 0 Å². The second-order valence-electron chi connectivity index (χ2n) is 4.97. The lowest BCUT2D eigenvalue weighted by molar-refractivity contribution is 0.239. The summed E-state index contributed by atoms with van der Waals surface area (Å²) in [7, 11) is 0. The standard InChI is InChI=1S/C14H21NO/c1-11-5-6-14-13(8-11)4-3-7-15(14)9-12(2)10-16/h5-6,8,12,16H,3-4,7,9-10H2,1-2H3. The maximum atomic E-state index is 9.13. The van der Waals surface area contributed by atoms with Crippen LogP contribution in [0.25, 0.3) is 0 Å². The SMILES string of the molecule is Cc1ccc2c(c1)CCCN2CC(C)CO. The van der Waals surface area contributed by atoms with Crippen LogP contribution in [0.3, 0.4) is 0 Å². The lowest BCUT2D eigenvalue weighted by Crippen LogP contribution is -2.34. The molecule has 0 amide bonds. The van der Waals surface area contributed by atoms with E-state index in [1.54, 1.807) is 0 Å². The molecule has 0 aromatic heterocycles. The van der Waals surface area contributed by atoms with Crippen LogP contribution in [-0.4, -0.2) is 24.8 Å². The number of nitrogens with zero attached hydrogens (tertiary/aromatic N) is 1. The Bertz CT molecular complexity index is 362. The van der Waals surface area contributed by atoms with Gasteiger partial charge in [0.25, 0.3) is 0 Å². The summed E-state index contributed by atoms with van der Waals surface area (Å²) in [6, 6.07) is 6.71. The minimum atomic E-state index is 0.275. The van der Waals surface area contributed by atoms with Crippen LogP contribution in [0.2, 0.25) is 0 Å². The molecule has 0 aliphatic carbocycles. The van der Waals surface area contributed by atoms with Gasteiger partial charge in [0.05, 0.1) is 0 Å². The van der Waals surface area contributed by atoms with Crippen LogP contribution in [0.5, 0.6) is 0 Å². The fourth-order valence-corrected chi connectivity index (χ4v) is 2.43. The molecule has 1 aromatic rings. The summed E-state index contributed by atoms with van der Waals surface area (Å²) < 4.78 is 0. The third-order valence-corrected chi connectivity index (χ3v) is 3.29. The van der Waals surface area contributed by atoms with E-state index in [1.807, 2.05) is 0 Å². The summed E-state index contributed by atoms with van der Waals surface area (Å²) in [5.41, 5.74) is 4.18. The topological polar surface area (TPSA) is 23.5 Å². The van der Waals surface area contributed by atoms with Gasteiger partial charge in [-0.15, -0.1) is 0 Å². The van der Waals surface area contributed by atoms with Crippen molar-refractivity contribution in [3.05, 3.63) is 29.3 Å². The molecule has 0 bridgehead atoms. The van der Waals surface area contributed by atoms with Crippen molar-refractivity contribution >= 4 is 5.69 Å². The number of hydrogen-bond donors (Lipinski definition) is 1. The normalized spacial score (nSPS) is 17.1. The molecule has 0 radical (unpaired) electrons. The van der Waals surface area contributed by atoms with Gasteiger partial charge in [0, 0.05) is 25.4 Å². The Morgan fingerprint density at radius 1 is 1.44 bits per heavy atom. The van der Waals surface area contributed by atoms with Crippen LogP contribution < -0.4 is 4.90 Å². The first kappa shape index (κ1) is 11.5. The molecular weight excluding hydrogens is 198 g/mol. The van der Waals surface area contributed by atoms with Gasteiger partial charge in [-0.3, -0.25) is 0 Å². The van der Waals surface area contributed by atoms with E-state index < -0.39 is 0 Å². The first-order chi connectivity index (χ1) is 7.70. The van der Waals surface area contributed by atoms with Gasteiger partial charge < -0.3 is 10.0 Å². The molecule has 0 saturated heterocycles. The van der Waals surface area contributed by atoms with Crippen LogP contribution in [0.4, 0.5) is 5.69 Å². The van der Waals surface area contributed by atoms with E-state index in [1.165, 1.54) is 29.7 Å². The number of aliphatic hydroxyl groups excluding tert-OH is 1. The molecule has 1 heterocycles. The van der Waals surface area contributed by atoms with Gasteiger partial charge in [0.15, 0.2) is 0 Å². The van der Waals surface area contributed by atoms with E-state index in [-0.39, 0.29) is 6.61 Å². The molecule has 1 N–H and O–H groups in total. The number of hydrogen-bond acceptors (Lipinski definition) is 2. The van der Waals surface area contributed by atoms with Crippen LogP contribution in [-0.2, 0) is 6.42 Å². The Kier molecular flexibility index (Phi) is 3.49. The van der Waals surface area contributed by atoms with Crippen LogP contribution in [0.1, 0.15) is 24.5 Å². The predicted octanol–water partition coefficient (Wildman–Crippen LogP) is 2.38. The number of rotatable bonds is 3. The monoisotopic (exact) mass is 219 g/mol. The molecule has 1 aliphatic heterocycles. The minimum absolute atomic E-state index is 0.275. The molecule has 0 saturated carbocycles. The van der Waals surface area contributed by atoms with Crippen molar-refractivity contribution < 1.29 is 5.11 Å². The Morgan fingerprint density at radius 2 is 2.25 bits per heavy atom. The summed E-state index contributed by atoms with van der Waals surface area (Å²) in [4.78, 5) is 2.42. The molecule has 1 unspecified atom stereocenters. The molecule has 2 nitrogen and oxygen atoms in total. The maximum absolute atomic E-state index is 9.13. The van der Waals surface area contributed by atoms with Crippen molar-refractivity contribution in [3.63, 3.8) is 0 Å². The Labute approximate surface area is 97.9 Å². The Morgan fingerprint density at radius 3 is 3.00 bits per heavy atom. The van der Waals surface area contributed by atoms with Gasteiger partial charge in [-0.05, 0) is 37.3 Å². The van der Waals surface area contributed by atoms with Crippen LogP contribution in [0, 0.1) is 12.8 Å². The smallest absolute Gasteiger partial charge is 0.0473 e. The predicted molar refractivity (Wildman–Crippen MR) is 68.0 cm³/mol. The van der Waals surface area contributed by atoms with E-state index in [0.29, 0.717) is 5.92 Å². The van der Waals surface area contributed by atoms with Gasteiger partial charge in [-0.2, -0.15) is 0 Å². The summed E-state index contributed by atoms with van der Waals surface area (Å²) in [5, 5.41) is 9.13. The molecular formula is C14H21NO. The van der Waals surface area contributed by atoms with E-state index in [2.05, 4.69) is 36.9 Å². The lowest BCUT2D eigenvalue weighted by Gasteiger charge is -2.33.